The third kappa shape index (κ3) is 2.41. The van der Waals surface area contributed by atoms with Crippen molar-refractivity contribution in [2.45, 2.75) is 31.7 Å². The van der Waals surface area contributed by atoms with Gasteiger partial charge in [0.2, 0.25) is 0 Å². The van der Waals surface area contributed by atoms with Crippen molar-refractivity contribution in [2.24, 2.45) is 5.41 Å². The van der Waals surface area contributed by atoms with Gasteiger partial charge in [-0.3, -0.25) is 9.69 Å². The number of carboxylic acids is 1. The summed E-state index contributed by atoms with van der Waals surface area (Å²) >= 11 is 0. The first kappa shape index (κ1) is 13.1. The van der Waals surface area contributed by atoms with Gasteiger partial charge in [0.1, 0.15) is 0 Å². The van der Waals surface area contributed by atoms with Crippen molar-refractivity contribution in [3.8, 4) is 6.07 Å². The van der Waals surface area contributed by atoms with E-state index < -0.39 is 11.9 Å². The Morgan fingerprint density at radius 2 is 2.20 bits per heavy atom. The van der Waals surface area contributed by atoms with Crippen LogP contribution in [0.4, 0.5) is 0 Å². The normalized spacial score (nSPS) is 23.6. The highest BCUT2D eigenvalue weighted by atomic mass is 16.4. The van der Waals surface area contributed by atoms with Gasteiger partial charge in [-0.2, -0.15) is 5.26 Å². The van der Waals surface area contributed by atoms with E-state index in [1.807, 2.05) is 24.3 Å². The highest BCUT2D eigenvalue weighted by molar-refractivity contribution is 5.77. The van der Waals surface area contributed by atoms with Crippen LogP contribution in [0, 0.1) is 16.7 Å². The summed E-state index contributed by atoms with van der Waals surface area (Å²) in [5.74, 6) is -1.20. The van der Waals surface area contributed by atoms with Crippen LogP contribution < -0.4 is 0 Å². The topological polar surface area (TPSA) is 64.3 Å². The summed E-state index contributed by atoms with van der Waals surface area (Å²) < 4.78 is 0. The number of carboxylic acid groups (broad SMARTS) is 1. The van der Waals surface area contributed by atoms with Crippen molar-refractivity contribution in [1.82, 2.24) is 4.90 Å². The molecule has 4 nitrogen and oxygen atoms in total. The number of hydrogen-bond acceptors (Lipinski definition) is 3. The summed E-state index contributed by atoms with van der Waals surface area (Å²) in [6.07, 6.45) is 2.77. The molecule has 1 aromatic rings. The Morgan fingerprint density at radius 3 is 2.85 bits per heavy atom. The van der Waals surface area contributed by atoms with Crippen LogP contribution in [0.25, 0.3) is 0 Å². The molecule has 104 valence electrons. The van der Waals surface area contributed by atoms with Crippen molar-refractivity contribution in [3.05, 3.63) is 35.4 Å². The van der Waals surface area contributed by atoms with Crippen molar-refractivity contribution in [3.63, 3.8) is 0 Å². The molecule has 1 N–H and O–H groups in total. The van der Waals surface area contributed by atoms with Crippen LogP contribution in [-0.4, -0.2) is 29.1 Å². The largest absolute Gasteiger partial charge is 0.481 e. The lowest BCUT2D eigenvalue weighted by Gasteiger charge is -2.34. The first-order valence-electron chi connectivity index (χ1n) is 7.03. The summed E-state index contributed by atoms with van der Waals surface area (Å²) in [6.45, 7) is 2.20. The van der Waals surface area contributed by atoms with Gasteiger partial charge < -0.3 is 5.11 Å². The third-order valence-corrected chi connectivity index (χ3v) is 4.53. The summed E-state index contributed by atoms with van der Waals surface area (Å²) in [5, 5.41) is 18.3. The molecule has 0 amide bonds. The summed E-state index contributed by atoms with van der Waals surface area (Å²) in [4.78, 5) is 13.7. The fourth-order valence-electron chi connectivity index (χ4n) is 3.22. The summed E-state index contributed by atoms with van der Waals surface area (Å²) in [6, 6.07) is 10.1. The van der Waals surface area contributed by atoms with E-state index in [0.717, 1.165) is 37.1 Å². The maximum Gasteiger partial charge on any atom is 0.312 e. The summed E-state index contributed by atoms with van der Waals surface area (Å²) in [7, 11) is 0. The predicted octanol–water partition coefficient (Wildman–Crippen LogP) is 2.36. The Morgan fingerprint density at radius 1 is 1.45 bits per heavy atom. The average molecular weight is 270 g/mol. The maximum atomic E-state index is 11.5. The average Bonchev–Trinajstić information content (AvgIpc) is 3.17. The summed E-state index contributed by atoms with van der Waals surface area (Å²) in [5.41, 5.74) is 2.18. The Kier molecular flexibility index (Phi) is 3.23. The molecule has 0 bridgehead atoms. The molecule has 2 aliphatic rings. The van der Waals surface area contributed by atoms with Crippen LogP contribution >= 0.6 is 0 Å². The van der Waals surface area contributed by atoms with Gasteiger partial charge in [0.15, 0.2) is 0 Å². The molecule has 4 heteroatoms. The molecule has 3 rings (SSSR count). The third-order valence-electron chi connectivity index (χ3n) is 4.53. The Balaban J connectivity index is 1.80. The van der Waals surface area contributed by atoms with E-state index in [9.17, 15) is 9.90 Å². The van der Waals surface area contributed by atoms with Gasteiger partial charge >= 0.3 is 5.97 Å². The zero-order valence-electron chi connectivity index (χ0n) is 11.4. The van der Waals surface area contributed by atoms with Gasteiger partial charge in [-0.1, -0.05) is 24.3 Å². The molecular weight excluding hydrogens is 252 g/mol. The minimum absolute atomic E-state index is 0.129. The molecule has 20 heavy (non-hydrogen) atoms. The second-order valence-corrected chi connectivity index (χ2v) is 6.09. The lowest BCUT2D eigenvalue weighted by molar-refractivity contribution is -0.139. The smallest absolute Gasteiger partial charge is 0.312 e. The number of fused-ring (bicyclic) bond motifs is 1. The van der Waals surface area contributed by atoms with Crippen LogP contribution in [0.15, 0.2) is 24.3 Å². The molecule has 1 heterocycles. The van der Waals surface area contributed by atoms with Crippen LogP contribution in [0.5, 0.6) is 0 Å². The molecule has 1 atom stereocenters. The molecule has 1 aliphatic carbocycles. The predicted molar refractivity (Wildman–Crippen MR) is 74.0 cm³/mol. The molecular formula is C16H18N2O2. The molecule has 0 aromatic heterocycles. The molecule has 1 aliphatic heterocycles. The minimum Gasteiger partial charge on any atom is -0.481 e. The lowest BCUT2D eigenvalue weighted by Crippen LogP contribution is -2.39. The van der Waals surface area contributed by atoms with Gasteiger partial charge in [0, 0.05) is 26.1 Å². The maximum absolute atomic E-state index is 11.5. The molecule has 0 radical (unpaired) electrons. The Hall–Kier alpha value is -1.86. The second-order valence-electron chi connectivity index (χ2n) is 6.09. The second kappa shape index (κ2) is 4.92. The van der Waals surface area contributed by atoms with Crippen LogP contribution in [0.3, 0.4) is 0 Å². The van der Waals surface area contributed by atoms with Gasteiger partial charge in [0.25, 0.3) is 0 Å². The number of nitriles is 1. The number of carbonyl (C=O) groups is 1. The number of aliphatic carboxylic acids is 1. The fourth-order valence-corrected chi connectivity index (χ4v) is 3.22. The molecule has 1 unspecified atom stereocenters. The number of benzene rings is 1. The van der Waals surface area contributed by atoms with Crippen molar-refractivity contribution in [2.75, 3.05) is 13.1 Å². The van der Waals surface area contributed by atoms with Gasteiger partial charge in [0.05, 0.1) is 12.0 Å². The standard InChI is InChI=1S/C16H18N2O2/c17-8-7-16(5-6-16)11-18-9-12-3-1-2-4-13(12)14(10-18)15(19)20/h1-4,14H,5-7,9-11H2,(H,19,20). The van der Waals surface area contributed by atoms with Crippen molar-refractivity contribution < 1.29 is 9.90 Å². The van der Waals surface area contributed by atoms with Gasteiger partial charge in [-0.15, -0.1) is 0 Å². The van der Waals surface area contributed by atoms with E-state index in [1.165, 1.54) is 0 Å². The van der Waals surface area contributed by atoms with Crippen molar-refractivity contribution >= 4 is 5.97 Å². The van der Waals surface area contributed by atoms with E-state index >= 15 is 0 Å². The van der Waals surface area contributed by atoms with E-state index in [2.05, 4.69) is 11.0 Å². The zero-order valence-corrected chi connectivity index (χ0v) is 11.4. The molecule has 0 saturated heterocycles. The van der Waals surface area contributed by atoms with E-state index in [1.54, 1.807) is 0 Å². The molecule has 1 fully saturated rings. The van der Waals surface area contributed by atoms with E-state index in [0.29, 0.717) is 13.0 Å². The quantitative estimate of drug-likeness (QED) is 0.912. The lowest BCUT2D eigenvalue weighted by atomic mass is 9.89. The van der Waals surface area contributed by atoms with E-state index in [4.69, 9.17) is 5.26 Å². The Labute approximate surface area is 118 Å². The highest BCUT2D eigenvalue weighted by Gasteiger charge is 2.45. The monoisotopic (exact) mass is 270 g/mol. The van der Waals surface area contributed by atoms with Gasteiger partial charge in [-0.25, -0.2) is 0 Å². The van der Waals surface area contributed by atoms with Gasteiger partial charge in [-0.05, 0) is 29.4 Å². The molecule has 1 saturated carbocycles. The fraction of sp³-hybridized carbons (Fsp3) is 0.500. The van der Waals surface area contributed by atoms with Crippen LogP contribution in [0.1, 0.15) is 36.3 Å². The van der Waals surface area contributed by atoms with Crippen LogP contribution in [0.2, 0.25) is 0 Å². The van der Waals surface area contributed by atoms with Crippen LogP contribution in [-0.2, 0) is 11.3 Å². The number of hydrogen-bond donors (Lipinski definition) is 1. The van der Waals surface area contributed by atoms with E-state index in [-0.39, 0.29) is 5.41 Å². The number of nitrogens with zero attached hydrogens (tertiary/aromatic N) is 2. The Bertz CT molecular complexity index is 572. The SMILES string of the molecule is N#CCC1(CN2Cc3ccccc3C(C(=O)O)C2)CC1. The zero-order chi connectivity index (χ0) is 14.2. The highest BCUT2D eigenvalue weighted by Crippen LogP contribution is 2.49. The molecule has 1 aromatic carbocycles. The minimum atomic E-state index is -0.757. The molecule has 0 spiro atoms. The first-order chi connectivity index (χ1) is 9.63. The first-order valence-corrected chi connectivity index (χ1v) is 7.03. The number of rotatable bonds is 4. The van der Waals surface area contributed by atoms with Crippen molar-refractivity contribution in [1.29, 1.82) is 5.26 Å².